The first-order chi connectivity index (χ1) is 11.8. The third kappa shape index (κ3) is 3.41. The zero-order valence-electron chi connectivity index (χ0n) is 14.6. The highest BCUT2D eigenvalue weighted by Gasteiger charge is 2.33. The number of benzene rings is 2. The number of carboxylic acid groups (broad SMARTS) is 1. The van der Waals surface area contributed by atoms with Crippen molar-refractivity contribution in [3.63, 3.8) is 0 Å². The lowest BCUT2D eigenvalue weighted by atomic mass is 9.84. The molecular formula is C18H18Cl2O5S. The van der Waals surface area contributed by atoms with E-state index in [9.17, 15) is 23.4 Å². The van der Waals surface area contributed by atoms with Gasteiger partial charge in [0.25, 0.3) is 0 Å². The molecule has 0 aliphatic rings. The van der Waals surface area contributed by atoms with Crippen molar-refractivity contribution in [2.24, 2.45) is 0 Å². The van der Waals surface area contributed by atoms with Gasteiger partial charge in [-0.3, -0.25) is 0 Å². The molecule has 0 aliphatic heterocycles. The number of sulfone groups is 1. The molecule has 0 amide bonds. The highest BCUT2D eigenvalue weighted by molar-refractivity contribution is 7.91. The quantitative estimate of drug-likeness (QED) is 0.746. The molecule has 0 heterocycles. The summed E-state index contributed by atoms with van der Waals surface area (Å²) in [6, 6.07) is 5.57. The SMILES string of the molecule is Cc1c(S(=O)(=O)c2c(Cl)cccc2Cl)cc(C(C)(C)C)c(O)c1C(=O)O. The van der Waals surface area contributed by atoms with Crippen LogP contribution in [0.4, 0.5) is 0 Å². The van der Waals surface area contributed by atoms with Gasteiger partial charge in [-0.15, -0.1) is 0 Å². The summed E-state index contributed by atoms with van der Waals surface area (Å²) in [7, 11) is -4.22. The van der Waals surface area contributed by atoms with Gasteiger partial charge in [0.1, 0.15) is 16.2 Å². The zero-order valence-corrected chi connectivity index (χ0v) is 16.9. The van der Waals surface area contributed by atoms with Crippen molar-refractivity contribution in [2.75, 3.05) is 0 Å². The van der Waals surface area contributed by atoms with Gasteiger partial charge in [-0.2, -0.15) is 0 Å². The first kappa shape index (κ1) is 20.6. The molecule has 0 saturated carbocycles. The third-order valence-corrected chi connectivity index (χ3v) is 6.85. The maximum atomic E-state index is 13.2. The number of aromatic carboxylic acids is 1. The molecule has 8 heteroatoms. The van der Waals surface area contributed by atoms with E-state index in [-0.39, 0.29) is 31.0 Å². The number of halogens is 2. The molecule has 26 heavy (non-hydrogen) atoms. The predicted octanol–water partition coefficient (Wildman–Crippen LogP) is 4.84. The van der Waals surface area contributed by atoms with E-state index in [2.05, 4.69) is 0 Å². The minimum Gasteiger partial charge on any atom is -0.507 e. The van der Waals surface area contributed by atoms with Gasteiger partial charge >= 0.3 is 5.97 Å². The monoisotopic (exact) mass is 416 g/mol. The van der Waals surface area contributed by atoms with Crippen LogP contribution >= 0.6 is 23.2 Å². The molecule has 140 valence electrons. The van der Waals surface area contributed by atoms with Gasteiger partial charge in [0.15, 0.2) is 0 Å². The summed E-state index contributed by atoms with van der Waals surface area (Å²) in [5.74, 6) is -1.88. The lowest BCUT2D eigenvalue weighted by Gasteiger charge is -2.24. The number of carbonyl (C=O) groups is 1. The molecular weight excluding hydrogens is 399 g/mol. The summed E-state index contributed by atoms with van der Waals surface area (Å²) in [5.41, 5.74) is -1.04. The van der Waals surface area contributed by atoms with E-state index in [0.717, 1.165) is 0 Å². The van der Waals surface area contributed by atoms with E-state index in [1.165, 1.54) is 31.2 Å². The van der Waals surface area contributed by atoms with Crippen LogP contribution in [0.2, 0.25) is 10.0 Å². The lowest BCUT2D eigenvalue weighted by molar-refractivity contribution is 0.0692. The number of phenols is 1. The Kier molecular flexibility index (Phi) is 5.34. The van der Waals surface area contributed by atoms with Crippen LogP contribution in [0.5, 0.6) is 5.75 Å². The van der Waals surface area contributed by atoms with Crippen molar-refractivity contribution in [1.29, 1.82) is 0 Å². The highest BCUT2D eigenvalue weighted by atomic mass is 35.5. The van der Waals surface area contributed by atoms with Crippen molar-refractivity contribution in [2.45, 2.75) is 42.9 Å². The molecule has 0 spiro atoms. The number of hydrogen-bond acceptors (Lipinski definition) is 4. The van der Waals surface area contributed by atoms with Crippen LogP contribution in [0.1, 0.15) is 42.3 Å². The van der Waals surface area contributed by atoms with Crippen LogP contribution < -0.4 is 0 Å². The summed E-state index contributed by atoms with van der Waals surface area (Å²) < 4.78 is 26.4. The second-order valence-electron chi connectivity index (χ2n) is 6.88. The van der Waals surface area contributed by atoms with Crippen molar-refractivity contribution < 1.29 is 23.4 Å². The number of rotatable bonds is 3. The predicted molar refractivity (Wildman–Crippen MR) is 100 cm³/mol. The Morgan fingerprint density at radius 3 is 2.04 bits per heavy atom. The minimum atomic E-state index is -4.22. The van der Waals surface area contributed by atoms with Gasteiger partial charge in [-0.25, -0.2) is 13.2 Å². The number of hydrogen-bond donors (Lipinski definition) is 2. The molecule has 5 nitrogen and oxygen atoms in total. The van der Waals surface area contributed by atoms with E-state index < -0.39 is 32.5 Å². The van der Waals surface area contributed by atoms with Crippen LogP contribution in [0.15, 0.2) is 34.1 Å². The van der Waals surface area contributed by atoms with Crippen LogP contribution in [0, 0.1) is 6.92 Å². The Bertz CT molecular complexity index is 985. The van der Waals surface area contributed by atoms with Crippen LogP contribution in [-0.2, 0) is 15.3 Å². The van der Waals surface area contributed by atoms with Gasteiger partial charge in [-0.1, -0.05) is 50.0 Å². The summed E-state index contributed by atoms with van der Waals surface area (Å²) in [6.45, 7) is 6.54. The third-order valence-electron chi connectivity index (χ3n) is 4.01. The normalized spacial score (nSPS) is 12.2. The molecule has 2 rings (SSSR count). The van der Waals surface area contributed by atoms with Gasteiger partial charge in [-0.05, 0) is 36.1 Å². The molecule has 0 unspecified atom stereocenters. The standard InChI is InChI=1S/C18H18Cl2O5S/c1-9-13(26(24,25)16-11(19)6-5-7-12(16)20)8-10(18(2,3)4)15(21)14(9)17(22)23/h5-8,21H,1-4H3,(H,22,23). The Morgan fingerprint density at radius 1 is 1.12 bits per heavy atom. The molecule has 0 atom stereocenters. The second-order valence-corrected chi connectivity index (χ2v) is 9.55. The van der Waals surface area contributed by atoms with Crippen molar-refractivity contribution >= 4 is 39.0 Å². The van der Waals surface area contributed by atoms with Gasteiger partial charge in [0.05, 0.1) is 14.9 Å². The molecule has 2 aromatic rings. The largest absolute Gasteiger partial charge is 0.507 e. The zero-order chi connectivity index (χ0) is 20.0. The fourth-order valence-corrected chi connectivity index (χ4v) is 5.36. The first-order valence-electron chi connectivity index (χ1n) is 7.59. The molecule has 2 N–H and O–H groups in total. The van der Waals surface area contributed by atoms with Crippen LogP contribution in [-0.4, -0.2) is 24.6 Å². The molecule has 0 bridgehead atoms. The second kappa shape index (κ2) is 6.76. The van der Waals surface area contributed by atoms with Crippen molar-refractivity contribution in [1.82, 2.24) is 0 Å². The fraction of sp³-hybridized carbons (Fsp3) is 0.278. The smallest absolute Gasteiger partial charge is 0.339 e. The summed E-state index contributed by atoms with van der Waals surface area (Å²) in [6.07, 6.45) is 0. The summed E-state index contributed by atoms with van der Waals surface area (Å²) in [4.78, 5) is 11.1. The van der Waals surface area contributed by atoms with Crippen LogP contribution in [0.25, 0.3) is 0 Å². The van der Waals surface area contributed by atoms with E-state index in [0.29, 0.717) is 0 Å². The van der Waals surface area contributed by atoms with Gasteiger partial charge < -0.3 is 10.2 Å². The van der Waals surface area contributed by atoms with Crippen molar-refractivity contribution in [3.05, 3.63) is 51.0 Å². The highest BCUT2D eigenvalue weighted by Crippen LogP contribution is 2.41. The summed E-state index contributed by atoms with van der Waals surface area (Å²) >= 11 is 12.1. The molecule has 0 fully saturated rings. The Morgan fingerprint density at radius 2 is 1.62 bits per heavy atom. The maximum Gasteiger partial charge on any atom is 0.339 e. The van der Waals surface area contributed by atoms with E-state index in [1.54, 1.807) is 20.8 Å². The maximum absolute atomic E-state index is 13.2. The molecule has 0 saturated heterocycles. The Labute approximate surface area is 162 Å². The van der Waals surface area contributed by atoms with Crippen molar-refractivity contribution in [3.8, 4) is 5.75 Å². The molecule has 0 aromatic heterocycles. The molecule has 0 aliphatic carbocycles. The lowest BCUT2D eigenvalue weighted by Crippen LogP contribution is -2.17. The number of aromatic hydroxyl groups is 1. The molecule has 0 radical (unpaired) electrons. The van der Waals surface area contributed by atoms with E-state index in [4.69, 9.17) is 23.2 Å². The van der Waals surface area contributed by atoms with Gasteiger partial charge in [0, 0.05) is 5.56 Å². The number of carboxylic acids is 1. The van der Waals surface area contributed by atoms with Crippen LogP contribution in [0.3, 0.4) is 0 Å². The van der Waals surface area contributed by atoms with Gasteiger partial charge in [0.2, 0.25) is 9.84 Å². The topological polar surface area (TPSA) is 91.7 Å². The molecule has 2 aromatic carbocycles. The average molecular weight is 417 g/mol. The average Bonchev–Trinajstić information content (AvgIpc) is 2.44. The Balaban J connectivity index is 2.98. The van der Waals surface area contributed by atoms with E-state index in [1.807, 2.05) is 0 Å². The minimum absolute atomic E-state index is 0.0702. The first-order valence-corrected chi connectivity index (χ1v) is 9.83. The Hall–Kier alpha value is -1.76. The summed E-state index contributed by atoms with van der Waals surface area (Å²) in [5, 5.41) is 19.8. The fourth-order valence-electron chi connectivity index (χ4n) is 2.70. The van der Waals surface area contributed by atoms with E-state index >= 15 is 0 Å².